The molecular weight excluding hydrogens is 262 g/mol. The van der Waals surface area contributed by atoms with Crippen LogP contribution in [0.3, 0.4) is 0 Å². The summed E-state index contributed by atoms with van der Waals surface area (Å²) in [5.41, 5.74) is 6.41. The normalized spacial score (nSPS) is 11.5. The predicted molar refractivity (Wildman–Crippen MR) is 73.3 cm³/mol. The van der Waals surface area contributed by atoms with Crippen molar-refractivity contribution < 1.29 is 19.5 Å². The zero-order chi connectivity index (χ0) is 15.1. The summed E-state index contributed by atoms with van der Waals surface area (Å²) in [7, 11) is 0. The van der Waals surface area contributed by atoms with E-state index in [-0.39, 0.29) is 5.91 Å². The van der Waals surface area contributed by atoms with Gasteiger partial charge in [0.25, 0.3) is 5.91 Å². The average molecular weight is 279 g/mol. The number of carbonyl (C=O) groups is 3. The van der Waals surface area contributed by atoms with Gasteiger partial charge >= 0.3 is 5.97 Å². The Kier molecular flexibility index (Phi) is 5.67. The maximum Gasteiger partial charge on any atom is 0.322 e. The van der Waals surface area contributed by atoms with E-state index >= 15 is 0 Å². The van der Waals surface area contributed by atoms with Crippen molar-refractivity contribution in [3.8, 4) is 0 Å². The molecule has 7 nitrogen and oxygen atoms in total. The van der Waals surface area contributed by atoms with E-state index in [1.807, 2.05) is 0 Å². The van der Waals surface area contributed by atoms with Gasteiger partial charge in [-0.25, -0.2) is 0 Å². The minimum Gasteiger partial charge on any atom is -0.480 e. The van der Waals surface area contributed by atoms with Gasteiger partial charge in [-0.05, 0) is 30.7 Å². The lowest BCUT2D eigenvalue weighted by Crippen LogP contribution is -2.34. The molecule has 1 unspecified atom stereocenters. The number of amides is 2. The first-order valence-electron chi connectivity index (χ1n) is 6.10. The van der Waals surface area contributed by atoms with Crippen LogP contribution in [0.5, 0.6) is 0 Å². The van der Waals surface area contributed by atoms with Gasteiger partial charge in [-0.3, -0.25) is 14.4 Å². The van der Waals surface area contributed by atoms with Crippen molar-refractivity contribution in [1.82, 2.24) is 5.32 Å². The molecule has 0 radical (unpaired) electrons. The molecule has 1 aromatic rings. The molecule has 0 spiro atoms. The molecule has 5 N–H and O–H groups in total. The zero-order valence-corrected chi connectivity index (χ0v) is 11.1. The van der Waals surface area contributed by atoms with Crippen LogP contribution in [0.25, 0.3) is 0 Å². The van der Waals surface area contributed by atoms with Crippen LogP contribution in [0.1, 0.15) is 23.7 Å². The van der Waals surface area contributed by atoms with Crippen molar-refractivity contribution in [1.29, 1.82) is 0 Å². The van der Waals surface area contributed by atoms with E-state index in [0.29, 0.717) is 17.7 Å². The van der Waals surface area contributed by atoms with Crippen LogP contribution in [0.2, 0.25) is 0 Å². The van der Waals surface area contributed by atoms with Crippen LogP contribution in [-0.4, -0.2) is 35.5 Å². The maximum absolute atomic E-state index is 11.6. The van der Waals surface area contributed by atoms with Crippen molar-refractivity contribution in [2.24, 2.45) is 5.73 Å². The van der Waals surface area contributed by atoms with Gasteiger partial charge in [-0.2, -0.15) is 0 Å². The number of nitrogens with two attached hydrogens (primary N) is 1. The molecule has 0 bridgehead atoms. The number of aliphatic carboxylic acids is 1. The fourth-order valence-electron chi connectivity index (χ4n) is 1.38. The van der Waals surface area contributed by atoms with Crippen LogP contribution in [0.15, 0.2) is 24.3 Å². The number of nitrogens with one attached hydrogen (secondary N) is 2. The summed E-state index contributed by atoms with van der Waals surface area (Å²) >= 11 is 0. The van der Waals surface area contributed by atoms with Crippen LogP contribution < -0.4 is 16.4 Å². The SMILES string of the molecule is CCC(N)C(=O)Nc1ccc(C(=O)NCC(=O)O)cc1. The molecule has 20 heavy (non-hydrogen) atoms. The number of rotatable bonds is 6. The van der Waals surface area contributed by atoms with Crippen molar-refractivity contribution in [3.05, 3.63) is 29.8 Å². The first-order valence-corrected chi connectivity index (χ1v) is 6.10. The molecule has 1 atom stereocenters. The summed E-state index contributed by atoms with van der Waals surface area (Å²) < 4.78 is 0. The summed E-state index contributed by atoms with van der Waals surface area (Å²) in [6.07, 6.45) is 0.529. The fraction of sp³-hybridized carbons (Fsp3) is 0.308. The molecule has 0 aromatic heterocycles. The number of hydrogen-bond acceptors (Lipinski definition) is 4. The lowest BCUT2D eigenvalue weighted by molar-refractivity contribution is -0.135. The predicted octanol–water partition coefficient (Wildman–Crippen LogP) is 0.177. The number of carboxylic acid groups (broad SMARTS) is 1. The largest absolute Gasteiger partial charge is 0.480 e. The lowest BCUT2D eigenvalue weighted by Gasteiger charge is -2.10. The highest BCUT2D eigenvalue weighted by Crippen LogP contribution is 2.10. The second-order valence-corrected chi connectivity index (χ2v) is 4.16. The van der Waals surface area contributed by atoms with Gasteiger partial charge in [0.05, 0.1) is 6.04 Å². The number of hydrogen-bond donors (Lipinski definition) is 4. The molecule has 108 valence electrons. The Labute approximate surface area is 116 Å². The van der Waals surface area contributed by atoms with Crippen molar-refractivity contribution in [2.45, 2.75) is 19.4 Å². The van der Waals surface area contributed by atoms with Crippen LogP contribution >= 0.6 is 0 Å². The first-order chi connectivity index (χ1) is 9.43. The summed E-state index contributed by atoms with van der Waals surface area (Å²) in [5, 5.41) is 13.3. The van der Waals surface area contributed by atoms with E-state index in [0.717, 1.165) is 0 Å². The molecule has 0 aliphatic rings. The lowest BCUT2D eigenvalue weighted by atomic mass is 10.1. The van der Waals surface area contributed by atoms with E-state index < -0.39 is 24.5 Å². The van der Waals surface area contributed by atoms with Gasteiger partial charge in [0, 0.05) is 11.3 Å². The second-order valence-electron chi connectivity index (χ2n) is 4.16. The minimum atomic E-state index is -1.12. The fourth-order valence-corrected chi connectivity index (χ4v) is 1.38. The van der Waals surface area contributed by atoms with Crippen LogP contribution in [0.4, 0.5) is 5.69 Å². The minimum absolute atomic E-state index is 0.296. The third-order valence-electron chi connectivity index (χ3n) is 2.59. The number of benzene rings is 1. The smallest absolute Gasteiger partial charge is 0.322 e. The van der Waals surface area contributed by atoms with Gasteiger partial charge < -0.3 is 21.5 Å². The van der Waals surface area contributed by atoms with E-state index in [2.05, 4.69) is 10.6 Å². The van der Waals surface area contributed by atoms with Gasteiger partial charge in [0.15, 0.2) is 0 Å². The van der Waals surface area contributed by atoms with Crippen molar-refractivity contribution in [2.75, 3.05) is 11.9 Å². The molecule has 0 saturated heterocycles. The molecule has 2 amide bonds. The van der Waals surface area contributed by atoms with Gasteiger partial charge in [-0.1, -0.05) is 6.92 Å². The highest BCUT2D eigenvalue weighted by molar-refractivity contribution is 5.97. The Morgan fingerprint density at radius 2 is 1.85 bits per heavy atom. The average Bonchev–Trinajstić information content (AvgIpc) is 2.44. The highest BCUT2D eigenvalue weighted by atomic mass is 16.4. The molecular formula is C13H17N3O4. The number of carbonyl (C=O) groups excluding carboxylic acids is 2. The number of carboxylic acids is 1. The summed E-state index contributed by atoms with van der Waals surface area (Å²) in [5.74, 6) is -1.90. The van der Waals surface area contributed by atoms with Crippen LogP contribution in [0, 0.1) is 0 Å². The molecule has 0 saturated carbocycles. The molecule has 1 rings (SSSR count). The van der Waals surface area contributed by atoms with Gasteiger partial charge in [-0.15, -0.1) is 0 Å². The molecule has 0 aliphatic carbocycles. The van der Waals surface area contributed by atoms with Crippen molar-refractivity contribution in [3.63, 3.8) is 0 Å². The standard InChI is InChI=1S/C13H17N3O4/c1-2-10(14)13(20)16-9-5-3-8(4-6-9)12(19)15-7-11(17)18/h3-6,10H,2,7,14H2,1H3,(H,15,19)(H,16,20)(H,17,18). The van der Waals surface area contributed by atoms with Gasteiger partial charge in [0.1, 0.15) is 6.54 Å². The molecule has 1 aromatic carbocycles. The highest BCUT2D eigenvalue weighted by Gasteiger charge is 2.11. The molecule has 0 heterocycles. The molecule has 0 aliphatic heterocycles. The first kappa shape index (κ1) is 15.6. The van der Waals surface area contributed by atoms with Crippen LogP contribution in [-0.2, 0) is 9.59 Å². The van der Waals surface area contributed by atoms with Gasteiger partial charge in [0.2, 0.25) is 5.91 Å². The monoisotopic (exact) mass is 279 g/mol. The maximum atomic E-state index is 11.6. The Hall–Kier alpha value is -2.41. The summed E-state index contributed by atoms with van der Waals surface area (Å²) in [6, 6.07) is 5.51. The van der Waals surface area contributed by atoms with E-state index in [4.69, 9.17) is 10.8 Å². The topological polar surface area (TPSA) is 122 Å². The molecule has 0 fully saturated rings. The summed E-state index contributed by atoms with van der Waals surface area (Å²) in [6.45, 7) is 1.36. The molecule has 7 heteroatoms. The van der Waals surface area contributed by atoms with Crippen molar-refractivity contribution >= 4 is 23.5 Å². The number of anilines is 1. The van der Waals surface area contributed by atoms with E-state index in [1.54, 1.807) is 19.1 Å². The quantitative estimate of drug-likeness (QED) is 0.591. The zero-order valence-electron chi connectivity index (χ0n) is 11.1. The summed E-state index contributed by atoms with van der Waals surface area (Å²) in [4.78, 5) is 33.4. The van der Waals surface area contributed by atoms with E-state index in [9.17, 15) is 14.4 Å². The second kappa shape index (κ2) is 7.25. The van der Waals surface area contributed by atoms with E-state index in [1.165, 1.54) is 12.1 Å². The Morgan fingerprint density at radius 1 is 1.25 bits per heavy atom. The third-order valence-corrected chi connectivity index (χ3v) is 2.59. The third kappa shape index (κ3) is 4.69. The Morgan fingerprint density at radius 3 is 2.35 bits per heavy atom. The Bertz CT molecular complexity index is 499. The Balaban J connectivity index is 2.62.